The summed E-state index contributed by atoms with van der Waals surface area (Å²) in [4.78, 5) is 10.8. The molecule has 1 heterocycles. The van der Waals surface area contributed by atoms with Gasteiger partial charge in [-0.1, -0.05) is 18.2 Å². The number of hydrogen-bond donors (Lipinski definition) is 1. The van der Waals surface area contributed by atoms with Crippen molar-refractivity contribution >= 4 is 5.97 Å². The minimum absolute atomic E-state index is 0.198. The molecule has 0 saturated heterocycles. The van der Waals surface area contributed by atoms with E-state index < -0.39 is 12.1 Å². The molecular weight excluding hydrogens is 196 g/mol. The van der Waals surface area contributed by atoms with Gasteiger partial charge in [-0.2, -0.15) is 0 Å². The summed E-state index contributed by atoms with van der Waals surface area (Å²) in [7, 11) is 1.58. The van der Waals surface area contributed by atoms with E-state index in [2.05, 4.69) is 0 Å². The van der Waals surface area contributed by atoms with E-state index in [1.165, 1.54) is 0 Å². The monoisotopic (exact) mass is 208 g/mol. The second kappa shape index (κ2) is 3.90. The molecule has 2 rings (SSSR count). The van der Waals surface area contributed by atoms with E-state index >= 15 is 0 Å². The number of para-hydroxylation sites is 1. The molecule has 0 radical (unpaired) electrons. The first-order valence-corrected chi connectivity index (χ1v) is 4.73. The van der Waals surface area contributed by atoms with E-state index in [0.717, 1.165) is 5.56 Å². The van der Waals surface area contributed by atoms with Gasteiger partial charge >= 0.3 is 5.97 Å². The Morgan fingerprint density at radius 2 is 2.27 bits per heavy atom. The van der Waals surface area contributed by atoms with Gasteiger partial charge in [0.2, 0.25) is 0 Å². The standard InChI is InChI=1S/C11H12O4/c1-14-9-6-10(11(12)13)15-8-5-3-2-4-7(8)9/h2-5,9-10H,6H2,1H3,(H,12,13)/t9-,10+/m1/s1. The molecule has 0 spiro atoms. The van der Waals surface area contributed by atoms with E-state index in [1.54, 1.807) is 13.2 Å². The molecule has 1 N–H and O–H groups in total. The van der Waals surface area contributed by atoms with Gasteiger partial charge in [0.1, 0.15) is 5.75 Å². The van der Waals surface area contributed by atoms with Crippen molar-refractivity contribution in [2.75, 3.05) is 7.11 Å². The summed E-state index contributed by atoms with van der Waals surface area (Å²) in [5, 5.41) is 8.90. The Morgan fingerprint density at radius 1 is 1.53 bits per heavy atom. The number of carboxylic acids is 1. The zero-order valence-electron chi connectivity index (χ0n) is 8.34. The number of benzene rings is 1. The number of hydrogen-bond acceptors (Lipinski definition) is 3. The van der Waals surface area contributed by atoms with Gasteiger partial charge in [0, 0.05) is 19.1 Å². The molecule has 2 atom stereocenters. The van der Waals surface area contributed by atoms with Crippen LogP contribution in [0.5, 0.6) is 5.75 Å². The number of carbonyl (C=O) groups is 1. The molecule has 0 amide bonds. The van der Waals surface area contributed by atoms with Crippen LogP contribution >= 0.6 is 0 Å². The van der Waals surface area contributed by atoms with Gasteiger partial charge in [0.25, 0.3) is 0 Å². The fourth-order valence-electron chi connectivity index (χ4n) is 1.75. The van der Waals surface area contributed by atoms with Crippen LogP contribution in [-0.4, -0.2) is 24.3 Å². The second-order valence-electron chi connectivity index (χ2n) is 3.44. The van der Waals surface area contributed by atoms with Crippen LogP contribution in [0.4, 0.5) is 0 Å². The fourth-order valence-corrected chi connectivity index (χ4v) is 1.75. The summed E-state index contributed by atoms with van der Waals surface area (Å²) in [6.45, 7) is 0. The molecule has 0 aromatic heterocycles. The zero-order chi connectivity index (χ0) is 10.8. The minimum atomic E-state index is -0.952. The normalized spacial score (nSPS) is 24.1. The van der Waals surface area contributed by atoms with Gasteiger partial charge in [0.15, 0.2) is 6.10 Å². The Kier molecular flexibility index (Phi) is 2.60. The number of ether oxygens (including phenoxy) is 2. The quantitative estimate of drug-likeness (QED) is 0.802. The first kappa shape index (κ1) is 9.98. The average molecular weight is 208 g/mol. The van der Waals surface area contributed by atoms with Crippen molar-refractivity contribution in [3.8, 4) is 5.75 Å². The molecule has 1 aliphatic rings. The maximum atomic E-state index is 10.8. The van der Waals surface area contributed by atoms with Gasteiger partial charge in [-0.05, 0) is 6.07 Å². The van der Waals surface area contributed by atoms with Gasteiger partial charge in [-0.15, -0.1) is 0 Å². The molecule has 4 heteroatoms. The SMILES string of the molecule is CO[C@@H]1C[C@@H](C(=O)O)Oc2ccccc21. The lowest BCUT2D eigenvalue weighted by atomic mass is 9.99. The number of aliphatic carboxylic acids is 1. The highest BCUT2D eigenvalue weighted by Gasteiger charge is 2.32. The Balaban J connectivity index is 2.34. The first-order valence-electron chi connectivity index (χ1n) is 4.73. The maximum absolute atomic E-state index is 10.8. The minimum Gasteiger partial charge on any atom is -0.479 e. The van der Waals surface area contributed by atoms with E-state index in [-0.39, 0.29) is 6.10 Å². The average Bonchev–Trinajstić information content (AvgIpc) is 2.27. The van der Waals surface area contributed by atoms with Crippen molar-refractivity contribution in [3.05, 3.63) is 29.8 Å². The highest BCUT2D eigenvalue weighted by Crippen LogP contribution is 2.36. The van der Waals surface area contributed by atoms with Crippen molar-refractivity contribution < 1.29 is 19.4 Å². The molecule has 4 nitrogen and oxygen atoms in total. The third-order valence-corrected chi connectivity index (χ3v) is 2.52. The number of fused-ring (bicyclic) bond motifs is 1. The molecule has 0 aliphatic carbocycles. The van der Waals surface area contributed by atoms with Gasteiger partial charge in [-0.25, -0.2) is 4.79 Å². The van der Waals surface area contributed by atoms with Crippen LogP contribution in [0.2, 0.25) is 0 Å². The number of rotatable bonds is 2. The van der Waals surface area contributed by atoms with Crippen LogP contribution in [0.1, 0.15) is 18.1 Å². The Bertz CT molecular complexity index is 375. The van der Waals surface area contributed by atoms with Crippen molar-refractivity contribution in [2.24, 2.45) is 0 Å². The molecular formula is C11H12O4. The first-order chi connectivity index (χ1) is 7.22. The summed E-state index contributed by atoms with van der Waals surface area (Å²) in [6.07, 6.45) is -0.663. The molecule has 0 fully saturated rings. The summed E-state index contributed by atoms with van der Waals surface area (Å²) >= 11 is 0. The smallest absolute Gasteiger partial charge is 0.345 e. The predicted octanol–water partition coefficient (Wildman–Crippen LogP) is 1.61. The van der Waals surface area contributed by atoms with Crippen LogP contribution in [-0.2, 0) is 9.53 Å². The largest absolute Gasteiger partial charge is 0.479 e. The summed E-state index contributed by atoms with van der Waals surface area (Å²) in [5.41, 5.74) is 0.914. The molecule has 1 aromatic rings. The third kappa shape index (κ3) is 1.80. The van der Waals surface area contributed by atoms with Crippen LogP contribution in [0.15, 0.2) is 24.3 Å². The molecule has 0 bridgehead atoms. The van der Waals surface area contributed by atoms with E-state index in [0.29, 0.717) is 12.2 Å². The van der Waals surface area contributed by atoms with E-state index in [1.807, 2.05) is 18.2 Å². The summed E-state index contributed by atoms with van der Waals surface area (Å²) in [6, 6.07) is 7.35. The lowest BCUT2D eigenvalue weighted by Gasteiger charge is -2.28. The van der Waals surface area contributed by atoms with Crippen molar-refractivity contribution in [3.63, 3.8) is 0 Å². The Labute approximate surface area is 87.4 Å². The highest BCUT2D eigenvalue weighted by atomic mass is 16.5. The maximum Gasteiger partial charge on any atom is 0.345 e. The van der Waals surface area contributed by atoms with Gasteiger partial charge < -0.3 is 14.6 Å². The summed E-state index contributed by atoms with van der Waals surface area (Å²) < 4.78 is 10.6. The molecule has 1 aromatic carbocycles. The molecule has 0 saturated carbocycles. The van der Waals surface area contributed by atoms with Gasteiger partial charge in [0.05, 0.1) is 6.10 Å². The van der Waals surface area contributed by atoms with Crippen LogP contribution < -0.4 is 4.74 Å². The van der Waals surface area contributed by atoms with Crippen LogP contribution in [0.25, 0.3) is 0 Å². The number of methoxy groups -OCH3 is 1. The fraction of sp³-hybridized carbons (Fsp3) is 0.364. The third-order valence-electron chi connectivity index (χ3n) is 2.52. The van der Waals surface area contributed by atoms with Crippen molar-refractivity contribution in [1.29, 1.82) is 0 Å². The van der Waals surface area contributed by atoms with Crippen LogP contribution in [0, 0.1) is 0 Å². The molecule has 15 heavy (non-hydrogen) atoms. The lowest BCUT2D eigenvalue weighted by Crippen LogP contribution is -2.33. The Morgan fingerprint density at radius 3 is 2.93 bits per heavy atom. The van der Waals surface area contributed by atoms with Crippen LogP contribution in [0.3, 0.4) is 0 Å². The second-order valence-corrected chi connectivity index (χ2v) is 3.44. The Hall–Kier alpha value is -1.55. The van der Waals surface area contributed by atoms with Crippen molar-refractivity contribution in [1.82, 2.24) is 0 Å². The van der Waals surface area contributed by atoms with E-state index in [4.69, 9.17) is 14.6 Å². The molecule has 0 unspecified atom stereocenters. The highest BCUT2D eigenvalue weighted by molar-refractivity contribution is 5.73. The molecule has 1 aliphatic heterocycles. The predicted molar refractivity (Wildman–Crippen MR) is 52.9 cm³/mol. The summed E-state index contributed by atoms with van der Waals surface area (Å²) in [5.74, 6) is -0.352. The zero-order valence-corrected chi connectivity index (χ0v) is 8.34. The van der Waals surface area contributed by atoms with E-state index in [9.17, 15) is 4.79 Å². The topological polar surface area (TPSA) is 55.8 Å². The number of carboxylic acid groups (broad SMARTS) is 1. The lowest BCUT2D eigenvalue weighted by molar-refractivity contribution is -0.148. The van der Waals surface area contributed by atoms with Crippen molar-refractivity contribution in [2.45, 2.75) is 18.6 Å². The molecule has 80 valence electrons. The van der Waals surface area contributed by atoms with Gasteiger partial charge in [-0.3, -0.25) is 0 Å².